The topological polar surface area (TPSA) is 9.86 Å². The van der Waals surface area contributed by atoms with E-state index in [1.54, 1.807) is 0 Å². The highest BCUT2D eigenvalue weighted by atomic mass is 15.0. The van der Waals surface area contributed by atoms with E-state index in [0.29, 0.717) is 0 Å². The first-order chi connectivity index (χ1) is 22.9. The maximum atomic E-state index is 2.79. The van der Waals surface area contributed by atoms with Crippen molar-refractivity contribution < 1.29 is 0 Å². The second-order valence-corrected chi connectivity index (χ2v) is 15.2. The summed E-state index contributed by atoms with van der Waals surface area (Å²) in [5.41, 5.74) is 20.8. The van der Waals surface area contributed by atoms with Crippen LogP contribution in [0.2, 0.25) is 0 Å². The van der Waals surface area contributed by atoms with Crippen LogP contribution in [0.25, 0.3) is 71.8 Å². The molecule has 8 aromatic rings. The molecular formula is C44H31BN2. The molecule has 12 rings (SSSR count). The van der Waals surface area contributed by atoms with Crippen LogP contribution in [-0.4, -0.2) is 15.9 Å². The van der Waals surface area contributed by atoms with Gasteiger partial charge >= 0.3 is 6.85 Å². The van der Waals surface area contributed by atoms with E-state index in [1.807, 2.05) is 0 Å². The van der Waals surface area contributed by atoms with Crippen LogP contribution in [-0.2, 0) is 10.8 Å². The van der Waals surface area contributed by atoms with Crippen molar-refractivity contribution in [2.24, 2.45) is 0 Å². The van der Waals surface area contributed by atoms with Crippen molar-refractivity contribution in [1.29, 1.82) is 0 Å². The number of para-hydroxylation sites is 2. The van der Waals surface area contributed by atoms with E-state index >= 15 is 0 Å². The molecule has 2 aliphatic carbocycles. The molecule has 0 atom stereocenters. The minimum Gasteiger partial charge on any atom is -0.378 e. The summed E-state index contributed by atoms with van der Waals surface area (Å²) in [5, 5.41) is 5.41. The molecule has 0 N–H and O–H groups in total. The lowest BCUT2D eigenvalue weighted by atomic mass is 9.45. The summed E-state index contributed by atoms with van der Waals surface area (Å²) < 4.78 is 5.46. The lowest BCUT2D eigenvalue weighted by molar-refractivity contribution is 0.632. The Balaban J connectivity index is 1.35. The van der Waals surface area contributed by atoms with Crippen LogP contribution >= 0.6 is 0 Å². The Hall–Kier alpha value is -5.28. The molecular weight excluding hydrogens is 567 g/mol. The van der Waals surface area contributed by atoms with Gasteiger partial charge in [0.1, 0.15) is 0 Å². The first kappa shape index (κ1) is 24.9. The number of rotatable bonds is 0. The summed E-state index contributed by atoms with van der Waals surface area (Å²) in [5.74, 6) is 0. The molecule has 4 heterocycles. The van der Waals surface area contributed by atoms with Gasteiger partial charge in [-0.3, -0.25) is 0 Å². The van der Waals surface area contributed by atoms with E-state index in [4.69, 9.17) is 0 Å². The van der Waals surface area contributed by atoms with Gasteiger partial charge in [-0.1, -0.05) is 137 Å². The monoisotopic (exact) mass is 598 g/mol. The molecule has 0 unspecified atom stereocenters. The Kier molecular flexibility index (Phi) is 4.05. The molecule has 3 heteroatoms. The van der Waals surface area contributed by atoms with E-state index in [-0.39, 0.29) is 17.7 Å². The third kappa shape index (κ3) is 2.52. The third-order valence-corrected chi connectivity index (χ3v) is 12.4. The molecule has 2 aromatic heterocycles. The van der Waals surface area contributed by atoms with E-state index in [9.17, 15) is 0 Å². The standard InChI is InChI=1S/C44H31BN2/c1-43(2)32-21-10-8-16-27(32)41-37(43)30-19-12-22-33-40(30)46(41)34-23-24-13-5-6-14-25(24)35-28-17-11-18-29-36-26-15-7-9-20-31(26)44(3,4)42(36)47(39(28)29)45(33)38(34)35/h5-23H,1-4H3. The molecule has 0 amide bonds. The summed E-state index contributed by atoms with van der Waals surface area (Å²) in [6.45, 7) is 9.80. The summed E-state index contributed by atoms with van der Waals surface area (Å²) in [6, 6.07) is 44.0. The van der Waals surface area contributed by atoms with Gasteiger partial charge in [0.05, 0.1) is 11.2 Å². The minimum atomic E-state index is -0.132. The maximum absolute atomic E-state index is 2.79. The van der Waals surface area contributed by atoms with Gasteiger partial charge in [-0.2, -0.15) is 0 Å². The molecule has 2 nitrogen and oxygen atoms in total. The predicted molar refractivity (Wildman–Crippen MR) is 197 cm³/mol. The fourth-order valence-electron chi connectivity index (χ4n) is 10.7. The zero-order valence-corrected chi connectivity index (χ0v) is 26.9. The molecule has 0 radical (unpaired) electrons. The van der Waals surface area contributed by atoms with Crippen molar-refractivity contribution in [3.8, 4) is 39.2 Å². The number of benzene rings is 6. The fraction of sp³-hybridized carbons (Fsp3) is 0.136. The minimum absolute atomic E-state index is 0.0731. The van der Waals surface area contributed by atoms with Crippen molar-refractivity contribution in [2.75, 3.05) is 0 Å². The highest BCUT2D eigenvalue weighted by molar-refractivity contribution is 6.89. The third-order valence-electron chi connectivity index (χ3n) is 12.4. The van der Waals surface area contributed by atoms with Crippen molar-refractivity contribution >= 4 is 50.4 Å². The lowest BCUT2D eigenvalue weighted by Crippen LogP contribution is -2.56. The highest BCUT2D eigenvalue weighted by Gasteiger charge is 2.50. The summed E-state index contributed by atoms with van der Waals surface area (Å²) in [4.78, 5) is 0. The van der Waals surface area contributed by atoms with E-state index in [1.165, 1.54) is 105 Å². The van der Waals surface area contributed by atoms with Crippen molar-refractivity contribution in [3.05, 3.63) is 138 Å². The van der Waals surface area contributed by atoms with Crippen molar-refractivity contribution in [1.82, 2.24) is 9.05 Å². The van der Waals surface area contributed by atoms with Crippen LogP contribution < -0.4 is 10.9 Å². The molecule has 6 aromatic carbocycles. The molecule has 0 spiro atoms. The van der Waals surface area contributed by atoms with Gasteiger partial charge in [-0.25, -0.2) is 0 Å². The van der Waals surface area contributed by atoms with Crippen LogP contribution in [0.1, 0.15) is 50.1 Å². The summed E-state index contributed by atoms with van der Waals surface area (Å²) in [7, 11) is 0. The maximum Gasteiger partial charge on any atom is 0.332 e. The molecule has 0 saturated heterocycles. The number of nitrogens with zero attached hydrogens (tertiary/aromatic N) is 2. The Labute approximate surface area is 274 Å². The Morgan fingerprint density at radius 2 is 1.21 bits per heavy atom. The number of fused-ring (bicyclic) bond motifs is 16. The first-order valence-corrected chi connectivity index (χ1v) is 17.0. The molecule has 220 valence electrons. The lowest BCUT2D eigenvalue weighted by Gasteiger charge is -2.37. The zero-order valence-electron chi connectivity index (χ0n) is 26.9. The zero-order chi connectivity index (χ0) is 31.1. The van der Waals surface area contributed by atoms with E-state index < -0.39 is 0 Å². The molecule has 47 heavy (non-hydrogen) atoms. The van der Waals surface area contributed by atoms with Crippen LogP contribution in [0.5, 0.6) is 0 Å². The van der Waals surface area contributed by atoms with Crippen molar-refractivity contribution in [3.63, 3.8) is 0 Å². The van der Waals surface area contributed by atoms with Crippen LogP contribution in [0.4, 0.5) is 0 Å². The largest absolute Gasteiger partial charge is 0.378 e. The highest BCUT2D eigenvalue weighted by Crippen LogP contribution is 2.57. The number of hydrogen-bond donors (Lipinski definition) is 0. The van der Waals surface area contributed by atoms with E-state index in [0.717, 1.165) is 0 Å². The SMILES string of the molecule is CC1(C)c2ccccc2-c2c1c1cccc3c1n2-c1cc2ccccc2c2c1B3n1c3c(c4cccc-2c41)-c1ccccc1C3(C)C. The summed E-state index contributed by atoms with van der Waals surface area (Å²) >= 11 is 0. The Morgan fingerprint density at radius 3 is 2.06 bits per heavy atom. The number of aromatic nitrogens is 2. The normalized spacial score (nSPS) is 16.4. The van der Waals surface area contributed by atoms with E-state index in [2.05, 4.69) is 152 Å². The summed E-state index contributed by atoms with van der Waals surface area (Å²) in [6.07, 6.45) is 0. The first-order valence-electron chi connectivity index (χ1n) is 17.0. The van der Waals surface area contributed by atoms with Gasteiger partial charge in [0.15, 0.2) is 0 Å². The van der Waals surface area contributed by atoms with Gasteiger partial charge in [-0.15, -0.1) is 0 Å². The molecule has 0 fully saturated rings. The van der Waals surface area contributed by atoms with Gasteiger partial charge in [-0.05, 0) is 55.6 Å². The van der Waals surface area contributed by atoms with Crippen LogP contribution in [0.3, 0.4) is 0 Å². The molecule has 0 bridgehead atoms. The fourth-order valence-corrected chi connectivity index (χ4v) is 10.7. The second-order valence-electron chi connectivity index (χ2n) is 15.2. The quantitative estimate of drug-likeness (QED) is 0.154. The molecule has 4 aliphatic rings. The molecule has 2 aliphatic heterocycles. The van der Waals surface area contributed by atoms with Gasteiger partial charge in [0, 0.05) is 55.2 Å². The molecule has 0 saturated carbocycles. The number of hydrogen-bond acceptors (Lipinski definition) is 0. The average molecular weight is 599 g/mol. The van der Waals surface area contributed by atoms with Crippen LogP contribution in [0.15, 0.2) is 115 Å². The smallest absolute Gasteiger partial charge is 0.332 e. The van der Waals surface area contributed by atoms with Gasteiger partial charge in [0.25, 0.3) is 0 Å². The Bertz CT molecular complexity index is 2800. The van der Waals surface area contributed by atoms with Gasteiger partial charge < -0.3 is 9.05 Å². The predicted octanol–water partition coefficient (Wildman–Crippen LogP) is 9.30. The Morgan fingerprint density at radius 1 is 0.553 bits per heavy atom. The van der Waals surface area contributed by atoms with Gasteiger partial charge in [0.2, 0.25) is 0 Å². The van der Waals surface area contributed by atoms with Crippen LogP contribution in [0, 0.1) is 0 Å². The van der Waals surface area contributed by atoms with Crippen molar-refractivity contribution in [2.45, 2.75) is 38.5 Å². The average Bonchev–Trinajstić information content (AvgIpc) is 3.77. The second kappa shape index (κ2) is 7.64.